The summed E-state index contributed by atoms with van der Waals surface area (Å²) in [7, 11) is 0. The molecule has 36 valence electrons. The van der Waals surface area contributed by atoms with Crippen LogP contribution in [0.25, 0.3) is 0 Å². The Morgan fingerprint density at radius 1 is 2.17 bits per heavy atom. The summed E-state index contributed by atoms with van der Waals surface area (Å²) in [6.45, 7) is -2.08. The highest BCUT2D eigenvalue weighted by atomic mass is 16.4. The molecule has 0 aliphatic heterocycles. The summed E-state index contributed by atoms with van der Waals surface area (Å²) >= 11 is 0. The van der Waals surface area contributed by atoms with Crippen molar-refractivity contribution in [1.82, 2.24) is 0 Å². The number of carbonyl (C=O) groups is 1. The van der Waals surface area contributed by atoms with Gasteiger partial charge in [-0.3, -0.25) is 4.79 Å². The van der Waals surface area contributed by atoms with Gasteiger partial charge in [0.2, 0.25) is 0 Å². The lowest BCUT2D eigenvalue weighted by Gasteiger charge is -1.80. The molecule has 0 aliphatic carbocycles. The highest BCUT2D eigenvalue weighted by Crippen LogP contribution is 1.67. The lowest BCUT2D eigenvalue weighted by Crippen LogP contribution is -2.05. The van der Waals surface area contributed by atoms with Crippen LogP contribution in [0.3, 0.4) is 0 Å². The largest absolute Gasteiger partial charge is 0.481 e. The molecular formula is C3H7NO2. The first kappa shape index (κ1) is 2.58. The van der Waals surface area contributed by atoms with Crippen LogP contribution in [-0.4, -0.2) is 17.6 Å². The van der Waals surface area contributed by atoms with Crippen molar-refractivity contribution in [3.63, 3.8) is 0 Å². The quantitative estimate of drug-likeness (QED) is 0.478. The second-order valence-electron chi connectivity index (χ2n) is 0.775. The summed E-state index contributed by atoms with van der Waals surface area (Å²) in [5.41, 5.74) is 4.69. The van der Waals surface area contributed by atoms with E-state index >= 15 is 0 Å². The minimum atomic E-state index is -2.08. The average Bonchev–Trinajstić information content (AvgIpc) is 1.21. The van der Waals surface area contributed by atoms with Crippen LogP contribution < -0.4 is 5.73 Å². The molecule has 6 heavy (non-hydrogen) atoms. The third kappa shape index (κ3) is 3.43. The summed E-state index contributed by atoms with van der Waals surface area (Å²) in [5.74, 6) is -1.22. The zero-order chi connectivity index (χ0) is 6.78. The topological polar surface area (TPSA) is 63.3 Å². The maximum absolute atomic E-state index is 9.69. The van der Waals surface area contributed by atoms with E-state index in [1.165, 1.54) is 0 Å². The number of carboxylic acid groups (broad SMARTS) is 1. The fraction of sp³-hybridized carbons (Fsp3) is 0.667. The normalized spacial score (nSPS) is 15.5. The molecule has 0 aromatic carbocycles. The van der Waals surface area contributed by atoms with E-state index in [1.807, 2.05) is 0 Å². The van der Waals surface area contributed by atoms with Gasteiger partial charge < -0.3 is 10.8 Å². The Balaban J connectivity index is 3.55. The Morgan fingerprint density at radius 2 is 2.67 bits per heavy atom. The summed E-state index contributed by atoms with van der Waals surface area (Å²) in [4.78, 5) is 9.69. The molecule has 0 aromatic heterocycles. The molecular weight excluding hydrogens is 82.0 g/mol. The molecule has 0 radical (unpaired) electrons. The zero-order valence-electron chi connectivity index (χ0n) is 5.14. The predicted octanol–water partition coefficient (Wildman–Crippen LogP) is -0.580. The molecule has 3 heteroatoms. The third-order valence-corrected chi connectivity index (χ3v) is 0.253. The smallest absolute Gasteiger partial charge is 0.304 e. The van der Waals surface area contributed by atoms with Crippen LogP contribution in [-0.2, 0) is 4.79 Å². The van der Waals surface area contributed by atoms with Gasteiger partial charge in [0, 0.05) is 9.24 Å². The second-order valence-corrected chi connectivity index (χ2v) is 0.775. The number of carboxylic acids is 1. The minimum absolute atomic E-state index is 0.646. The van der Waals surface area contributed by atoms with E-state index in [2.05, 4.69) is 5.73 Å². The van der Waals surface area contributed by atoms with Crippen LogP contribution in [0.5, 0.6) is 0 Å². The molecule has 0 saturated carbocycles. The number of aliphatic carboxylic acids is 1. The van der Waals surface area contributed by atoms with Gasteiger partial charge in [-0.05, 0) is 0 Å². The molecule has 0 heterocycles. The molecule has 0 unspecified atom stereocenters. The van der Waals surface area contributed by atoms with Gasteiger partial charge >= 0.3 is 5.97 Å². The highest BCUT2D eigenvalue weighted by Gasteiger charge is 1.87. The molecule has 0 aromatic rings. The van der Waals surface area contributed by atoms with Crippen molar-refractivity contribution in [3.05, 3.63) is 0 Å². The molecule has 0 aliphatic rings. The molecule has 3 N–H and O–H groups in total. The van der Waals surface area contributed by atoms with Crippen LogP contribution in [0, 0.1) is 0 Å². The van der Waals surface area contributed by atoms with Gasteiger partial charge in [-0.1, -0.05) is 0 Å². The van der Waals surface area contributed by atoms with Gasteiger partial charge in [-0.2, -0.15) is 0 Å². The third-order valence-electron chi connectivity index (χ3n) is 0.253. The molecule has 0 spiro atoms. The molecule has 0 rings (SSSR count). The Kier molecular flexibility index (Phi) is 1.14. The first-order chi connectivity index (χ1) is 3.42. The number of hydrogen-bond donors (Lipinski definition) is 2. The molecule has 3 nitrogen and oxygen atoms in total. The summed E-state index contributed by atoms with van der Waals surface area (Å²) in [5, 5.41) is 7.93. The van der Waals surface area contributed by atoms with Gasteiger partial charge in [0.25, 0.3) is 0 Å². The van der Waals surface area contributed by atoms with Gasteiger partial charge in [0.1, 0.15) is 0 Å². The Hall–Kier alpha value is -0.570. The van der Waals surface area contributed by atoms with E-state index in [0.29, 0.717) is 0 Å². The zero-order valence-corrected chi connectivity index (χ0v) is 3.14. The molecule has 0 fully saturated rings. The first-order valence-electron chi connectivity index (χ1n) is 2.42. The molecule has 0 atom stereocenters. The van der Waals surface area contributed by atoms with Crippen LogP contribution in [0.15, 0.2) is 0 Å². The molecule has 0 amide bonds. The monoisotopic (exact) mass is 91.1 g/mol. The fourth-order valence-electron chi connectivity index (χ4n) is 0.0873. The maximum Gasteiger partial charge on any atom is 0.304 e. The van der Waals surface area contributed by atoms with Gasteiger partial charge in [-0.25, -0.2) is 0 Å². The van der Waals surface area contributed by atoms with Crippen LogP contribution in [0.4, 0.5) is 0 Å². The van der Waals surface area contributed by atoms with Crippen molar-refractivity contribution in [2.24, 2.45) is 5.73 Å². The van der Waals surface area contributed by atoms with Crippen LogP contribution in [0.2, 0.25) is 0 Å². The maximum atomic E-state index is 9.69. The predicted molar refractivity (Wildman–Crippen MR) is 21.3 cm³/mol. The minimum Gasteiger partial charge on any atom is -0.481 e. The van der Waals surface area contributed by atoms with E-state index in [9.17, 15) is 4.79 Å². The van der Waals surface area contributed by atoms with Gasteiger partial charge in [0.05, 0.1) is 6.42 Å². The van der Waals surface area contributed by atoms with Gasteiger partial charge in [0.15, 0.2) is 0 Å². The summed E-state index contributed by atoms with van der Waals surface area (Å²) in [6.07, 6.45) is -0.646. The van der Waals surface area contributed by atoms with Crippen molar-refractivity contribution < 1.29 is 12.6 Å². The standard InChI is InChI=1S/C3H7NO2/c4-2-1-3(5)6/h1-2,4H2,(H,5,6)/i2D2. The number of hydrogen-bond acceptors (Lipinski definition) is 2. The Labute approximate surface area is 38.6 Å². The number of nitrogens with two attached hydrogens (primary N) is 1. The Morgan fingerprint density at radius 3 is 2.67 bits per heavy atom. The van der Waals surface area contributed by atoms with E-state index in [4.69, 9.17) is 7.85 Å². The first-order valence-corrected chi connectivity index (χ1v) is 1.42. The summed E-state index contributed by atoms with van der Waals surface area (Å²) < 4.78 is 13.1. The van der Waals surface area contributed by atoms with Gasteiger partial charge in [-0.15, -0.1) is 0 Å². The van der Waals surface area contributed by atoms with Crippen molar-refractivity contribution in [2.45, 2.75) is 6.42 Å². The van der Waals surface area contributed by atoms with Crippen molar-refractivity contribution in [1.29, 1.82) is 0 Å². The van der Waals surface area contributed by atoms with Crippen molar-refractivity contribution in [2.75, 3.05) is 6.50 Å². The lowest BCUT2D eigenvalue weighted by molar-refractivity contribution is -0.136. The van der Waals surface area contributed by atoms with E-state index < -0.39 is 18.9 Å². The summed E-state index contributed by atoms with van der Waals surface area (Å²) in [6, 6.07) is 0. The average molecular weight is 91.1 g/mol. The Bertz CT molecular complexity index is 97.9. The molecule has 0 saturated heterocycles. The lowest BCUT2D eigenvalue weighted by atomic mass is 10.5. The van der Waals surface area contributed by atoms with E-state index in [-0.39, 0.29) is 0 Å². The SMILES string of the molecule is [2H]C([2H])(N)CC(=O)O. The van der Waals surface area contributed by atoms with Crippen LogP contribution in [0.1, 0.15) is 9.16 Å². The molecule has 0 bridgehead atoms. The van der Waals surface area contributed by atoms with E-state index in [0.717, 1.165) is 0 Å². The fourth-order valence-corrected chi connectivity index (χ4v) is 0.0873. The highest BCUT2D eigenvalue weighted by molar-refractivity contribution is 5.66. The van der Waals surface area contributed by atoms with E-state index in [1.54, 1.807) is 0 Å². The second kappa shape index (κ2) is 2.66. The van der Waals surface area contributed by atoms with Crippen molar-refractivity contribution >= 4 is 5.97 Å². The van der Waals surface area contributed by atoms with Crippen molar-refractivity contribution in [3.8, 4) is 0 Å². The van der Waals surface area contributed by atoms with Crippen LogP contribution >= 0.6 is 0 Å². The number of rotatable bonds is 2.